The van der Waals surface area contributed by atoms with E-state index in [4.69, 9.17) is 0 Å². The van der Waals surface area contributed by atoms with E-state index in [-0.39, 0.29) is 25.7 Å². The van der Waals surface area contributed by atoms with Gasteiger partial charge in [0.05, 0.1) is 0 Å². The molecule has 0 aromatic heterocycles. The molecule has 2 saturated heterocycles. The Bertz CT molecular complexity index is 440. The van der Waals surface area contributed by atoms with Crippen LogP contribution in [0.25, 0.3) is 0 Å². The molecule has 19 heavy (non-hydrogen) atoms. The highest BCUT2D eigenvalue weighted by atomic mass is 16.8. The molecule has 0 unspecified atom stereocenters. The highest BCUT2D eigenvalue weighted by Crippen LogP contribution is 2.14. The Morgan fingerprint density at radius 2 is 1.26 bits per heavy atom. The molecule has 4 amide bonds. The van der Waals surface area contributed by atoms with Crippen molar-refractivity contribution in [1.82, 2.24) is 10.1 Å². The summed E-state index contributed by atoms with van der Waals surface area (Å²) in [7, 11) is 0. The fraction of sp³-hybridized carbons (Fsp3) is 0.500. The van der Waals surface area contributed by atoms with Gasteiger partial charge in [-0.2, -0.15) is 5.06 Å². The van der Waals surface area contributed by atoms with Gasteiger partial charge in [0.2, 0.25) is 0 Å². The first-order valence-corrected chi connectivity index (χ1v) is 5.54. The molecule has 0 spiro atoms. The van der Waals surface area contributed by atoms with Crippen molar-refractivity contribution >= 4 is 29.6 Å². The van der Waals surface area contributed by atoms with Crippen LogP contribution in [0.3, 0.4) is 0 Å². The minimum absolute atomic E-state index is 0.0178. The number of amides is 4. The molecule has 0 radical (unpaired) electrons. The van der Waals surface area contributed by atoms with Crippen LogP contribution in [-0.2, 0) is 33.6 Å². The number of rotatable bonds is 4. The lowest BCUT2D eigenvalue weighted by Crippen LogP contribution is -2.36. The molecule has 102 valence electrons. The van der Waals surface area contributed by atoms with Crippen LogP contribution in [0.1, 0.15) is 25.7 Å². The molecule has 0 N–H and O–H groups in total. The SMILES string of the molecule is O=C(CON1C(=O)CCC1=O)ON1C(=O)CCC1=O. The van der Waals surface area contributed by atoms with Gasteiger partial charge in [0.25, 0.3) is 23.6 Å². The number of nitrogens with zero attached hydrogens (tertiary/aromatic N) is 2. The third-order valence-corrected chi connectivity index (χ3v) is 2.52. The summed E-state index contributed by atoms with van der Waals surface area (Å²) in [5.74, 6) is -3.38. The van der Waals surface area contributed by atoms with Crippen molar-refractivity contribution in [2.24, 2.45) is 0 Å². The van der Waals surface area contributed by atoms with Gasteiger partial charge in [0.1, 0.15) is 0 Å². The number of carbonyl (C=O) groups excluding carboxylic acids is 5. The Morgan fingerprint density at radius 1 is 0.842 bits per heavy atom. The summed E-state index contributed by atoms with van der Waals surface area (Å²) >= 11 is 0. The van der Waals surface area contributed by atoms with Crippen molar-refractivity contribution in [3.05, 3.63) is 0 Å². The zero-order valence-electron chi connectivity index (χ0n) is 9.79. The summed E-state index contributed by atoms with van der Waals surface area (Å²) in [6, 6.07) is 0. The normalized spacial score (nSPS) is 19.6. The van der Waals surface area contributed by atoms with Crippen molar-refractivity contribution in [3.8, 4) is 0 Å². The van der Waals surface area contributed by atoms with E-state index < -0.39 is 36.2 Å². The molecule has 0 atom stereocenters. The van der Waals surface area contributed by atoms with Gasteiger partial charge >= 0.3 is 5.97 Å². The maximum atomic E-state index is 11.3. The maximum absolute atomic E-state index is 11.3. The Labute approximate surface area is 106 Å². The van der Waals surface area contributed by atoms with Crippen LogP contribution in [0.2, 0.25) is 0 Å². The summed E-state index contributed by atoms with van der Waals surface area (Å²) in [6.45, 7) is -0.742. The van der Waals surface area contributed by atoms with Gasteiger partial charge in [-0.25, -0.2) is 4.79 Å². The molecule has 0 saturated carbocycles. The first-order valence-electron chi connectivity index (χ1n) is 5.54. The zero-order chi connectivity index (χ0) is 14.0. The lowest BCUT2D eigenvalue weighted by molar-refractivity contribution is -0.213. The predicted octanol–water partition coefficient (Wildman–Crippen LogP) is -1.33. The average molecular weight is 270 g/mol. The topological polar surface area (TPSA) is 110 Å². The van der Waals surface area contributed by atoms with Gasteiger partial charge in [-0.15, -0.1) is 5.06 Å². The molecular formula is C10H10N2O7. The molecule has 2 rings (SSSR count). The fourth-order valence-corrected chi connectivity index (χ4v) is 1.60. The van der Waals surface area contributed by atoms with E-state index in [1.165, 1.54) is 0 Å². The van der Waals surface area contributed by atoms with Crippen LogP contribution >= 0.6 is 0 Å². The van der Waals surface area contributed by atoms with Gasteiger partial charge in [-0.3, -0.25) is 24.0 Å². The zero-order valence-corrected chi connectivity index (χ0v) is 9.79. The van der Waals surface area contributed by atoms with Crippen LogP contribution in [0.5, 0.6) is 0 Å². The van der Waals surface area contributed by atoms with Gasteiger partial charge in [0.15, 0.2) is 6.61 Å². The Hall–Kier alpha value is -2.29. The lowest BCUT2D eigenvalue weighted by atomic mass is 10.4. The first kappa shape index (κ1) is 13.1. The Morgan fingerprint density at radius 3 is 1.74 bits per heavy atom. The minimum atomic E-state index is -1.05. The molecule has 2 aliphatic heterocycles. The van der Waals surface area contributed by atoms with E-state index in [9.17, 15) is 24.0 Å². The smallest absolute Gasteiger partial charge is 0.328 e. The molecule has 0 aliphatic carbocycles. The predicted molar refractivity (Wildman–Crippen MR) is 54.2 cm³/mol. The van der Waals surface area contributed by atoms with Crippen molar-refractivity contribution in [2.45, 2.75) is 25.7 Å². The van der Waals surface area contributed by atoms with Gasteiger partial charge in [-0.05, 0) is 0 Å². The van der Waals surface area contributed by atoms with Crippen LogP contribution in [0.15, 0.2) is 0 Å². The average Bonchev–Trinajstić information content (AvgIpc) is 2.84. The highest BCUT2D eigenvalue weighted by Gasteiger charge is 2.34. The van der Waals surface area contributed by atoms with Crippen molar-refractivity contribution < 1.29 is 33.6 Å². The van der Waals surface area contributed by atoms with Crippen molar-refractivity contribution in [1.29, 1.82) is 0 Å². The van der Waals surface area contributed by atoms with Gasteiger partial charge in [-0.1, -0.05) is 0 Å². The van der Waals surface area contributed by atoms with Gasteiger partial charge in [0, 0.05) is 25.7 Å². The van der Waals surface area contributed by atoms with Crippen LogP contribution in [0, 0.1) is 0 Å². The molecular weight excluding hydrogens is 260 g/mol. The lowest BCUT2D eigenvalue weighted by Gasteiger charge is -2.15. The summed E-state index contributed by atoms with van der Waals surface area (Å²) in [5, 5.41) is 0.841. The second-order valence-corrected chi connectivity index (χ2v) is 3.90. The fourth-order valence-electron chi connectivity index (χ4n) is 1.60. The number of carbonyl (C=O) groups is 5. The molecule has 2 heterocycles. The molecule has 0 aromatic carbocycles. The third kappa shape index (κ3) is 2.76. The number of hydroxylamine groups is 4. The highest BCUT2D eigenvalue weighted by molar-refractivity contribution is 6.02. The minimum Gasteiger partial charge on any atom is -0.328 e. The maximum Gasteiger partial charge on any atom is 0.361 e. The molecule has 9 heteroatoms. The largest absolute Gasteiger partial charge is 0.361 e. The van der Waals surface area contributed by atoms with Crippen LogP contribution in [0.4, 0.5) is 0 Å². The molecule has 2 fully saturated rings. The van der Waals surface area contributed by atoms with Crippen LogP contribution < -0.4 is 0 Å². The quantitative estimate of drug-likeness (QED) is 0.582. The van der Waals surface area contributed by atoms with E-state index >= 15 is 0 Å². The summed E-state index contributed by atoms with van der Waals surface area (Å²) in [4.78, 5) is 65.1. The second-order valence-electron chi connectivity index (χ2n) is 3.90. The second kappa shape index (κ2) is 5.14. The summed E-state index contributed by atoms with van der Waals surface area (Å²) in [6.07, 6.45) is 0.0140. The van der Waals surface area contributed by atoms with Crippen LogP contribution in [-0.4, -0.2) is 46.3 Å². The van der Waals surface area contributed by atoms with Crippen molar-refractivity contribution in [2.75, 3.05) is 6.61 Å². The molecule has 2 aliphatic rings. The van der Waals surface area contributed by atoms with E-state index in [1.807, 2.05) is 0 Å². The van der Waals surface area contributed by atoms with E-state index in [0.29, 0.717) is 10.1 Å². The Kier molecular flexibility index (Phi) is 3.56. The summed E-state index contributed by atoms with van der Waals surface area (Å²) < 4.78 is 0. The Balaban J connectivity index is 1.82. The van der Waals surface area contributed by atoms with E-state index in [0.717, 1.165) is 0 Å². The monoisotopic (exact) mass is 270 g/mol. The number of hydrogen-bond acceptors (Lipinski definition) is 7. The number of imide groups is 2. The van der Waals surface area contributed by atoms with Gasteiger partial charge < -0.3 is 4.84 Å². The van der Waals surface area contributed by atoms with E-state index in [1.54, 1.807) is 0 Å². The molecule has 0 aromatic rings. The molecule has 0 bridgehead atoms. The standard InChI is InChI=1S/C10H10N2O7/c13-6-1-2-7(14)11(6)18-5-10(17)19-12-8(15)3-4-9(12)16/h1-5H2. The third-order valence-electron chi connectivity index (χ3n) is 2.52. The van der Waals surface area contributed by atoms with Crippen molar-refractivity contribution in [3.63, 3.8) is 0 Å². The number of hydrogen-bond donors (Lipinski definition) is 0. The first-order chi connectivity index (χ1) is 8.99. The molecule has 9 nitrogen and oxygen atoms in total. The van der Waals surface area contributed by atoms with E-state index in [2.05, 4.69) is 9.68 Å². The summed E-state index contributed by atoms with van der Waals surface area (Å²) in [5.41, 5.74) is 0.